The van der Waals surface area contributed by atoms with Crippen molar-refractivity contribution in [1.82, 2.24) is 0 Å². The number of carbonyl (C=O) groups is 1. The average molecular weight is 136 g/mol. The van der Waals surface area contributed by atoms with Crippen molar-refractivity contribution in [2.24, 2.45) is 5.92 Å². The number of carbonyl (C=O) groups excluding carboxylic acids is 1. The minimum absolute atomic E-state index is 0.228. The van der Waals surface area contributed by atoms with Crippen molar-refractivity contribution >= 4 is 6.29 Å². The maximum absolute atomic E-state index is 10.2. The van der Waals surface area contributed by atoms with Gasteiger partial charge in [0.05, 0.1) is 6.26 Å². The first-order valence-corrected chi connectivity index (χ1v) is 3.40. The Morgan fingerprint density at radius 1 is 1.70 bits per heavy atom. The maximum atomic E-state index is 10.2. The van der Waals surface area contributed by atoms with Crippen LogP contribution in [0.5, 0.6) is 0 Å². The minimum Gasteiger partial charge on any atom is -0.469 e. The highest BCUT2D eigenvalue weighted by Gasteiger charge is 2.39. The van der Waals surface area contributed by atoms with E-state index in [1.165, 1.54) is 0 Å². The van der Waals surface area contributed by atoms with E-state index in [-0.39, 0.29) is 5.92 Å². The molecule has 0 saturated heterocycles. The number of rotatable bonds is 2. The fraction of sp³-hybridized carbons (Fsp3) is 0.375. The molecule has 2 nitrogen and oxygen atoms in total. The lowest BCUT2D eigenvalue weighted by Gasteiger charge is -1.85. The standard InChI is InChI=1S/C8H8O2/c9-5-6-4-7(6)8-2-1-3-10-8/h1-3,5-7H,4H2. The lowest BCUT2D eigenvalue weighted by Crippen LogP contribution is -1.79. The van der Waals surface area contributed by atoms with Gasteiger partial charge in [0, 0.05) is 11.8 Å². The van der Waals surface area contributed by atoms with Gasteiger partial charge >= 0.3 is 0 Å². The van der Waals surface area contributed by atoms with E-state index in [9.17, 15) is 4.79 Å². The second kappa shape index (κ2) is 1.97. The quantitative estimate of drug-likeness (QED) is 0.578. The van der Waals surface area contributed by atoms with E-state index >= 15 is 0 Å². The second-order valence-electron chi connectivity index (χ2n) is 2.66. The maximum Gasteiger partial charge on any atom is 0.123 e. The first-order chi connectivity index (χ1) is 4.92. The molecule has 1 aliphatic carbocycles. The molecule has 0 bridgehead atoms. The summed E-state index contributed by atoms with van der Waals surface area (Å²) >= 11 is 0. The van der Waals surface area contributed by atoms with Crippen LogP contribution in [0.15, 0.2) is 22.8 Å². The molecule has 0 aromatic carbocycles. The van der Waals surface area contributed by atoms with Crippen LogP contribution in [0, 0.1) is 5.92 Å². The summed E-state index contributed by atoms with van der Waals surface area (Å²) in [5.41, 5.74) is 0. The van der Waals surface area contributed by atoms with E-state index in [1.807, 2.05) is 12.1 Å². The molecule has 2 heteroatoms. The third-order valence-electron chi connectivity index (χ3n) is 1.92. The highest BCUT2D eigenvalue weighted by atomic mass is 16.3. The zero-order valence-electron chi connectivity index (χ0n) is 5.49. The summed E-state index contributed by atoms with van der Waals surface area (Å²) in [6.45, 7) is 0. The zero-order valence-corrected chi connectivity index (χ0v) is 5.49. The summed E-state index contributed by atoms with van der Waals surface area (Å²) in [7, 11) is 0. The Kier molecular flexibility index (Phi) is 1.13. The van der Waals surface area contributed by atoms with Crippen LogP contribution >= 0.6 is 0 Å². The zero-order chi connectivity index (χ0) is 6.97. The van der Waals surface area contributed by atoms with E-state index in [4.69, 9.17) is 4.42 Å². The van der Waals surface area contributed by atoms with Gasteiger partial charge in [0.2, 0.25) is 0 Å². The van der Waals surface area contributed by atoms with Crippen LogP contribution in [0.25, 0.3) is 0 Å². The van der Waals surface area contributed by atoms with E-state index in [2.05, 4.69) is 0 Å². The third-order valence-corrected chi connectivity index (χ3v) is 1.92. The average Bonchev–Trinajstić information content (AvgIpc) is 2.56. The van der Waals surface area contributed by atoms with E-state index < -0.39 is 0 Å². The summed E-state index contributed by atoms with van der Waals surface area (Å²) in [5, 5.41) is 0. The van der Waals surface area contributed by atoms with Crippen LogP contribution in [0.2, 0.25) is 0 Å². The molecule has 0 N–H and O–H groups in total. The van der Waals surface area contributed by atoms with Gasteiger partial charge in [0.15, 0.2) is 0 Å². The van der Waals surface area contributed by atoms with Crippen molar-refractivity contribution in [2.45, 2.75) is 12.3 Å². The van der Waals surface area contributed by atoms with Gasteiger partial charge in [-0.3, -0.25) is 0 Å². The summed E-state index contributed by atoms with van der Waals surface area (Å²) in [5.74, 6) is 1.57. The molecule has 1 aromatic rings. The molecule has 2 rings (SSSR count). The van der Waals surface area contributed by atoms with Crippen molar-refractivity contribution in [2.75, 3.05) is 0 Å². The monoisotopic (exact) mass is 136 g/mol. The van der Waals surface area contributed by atoms with E-state index in [0.717, 1.165) is 18.5 Å². The van der Waals surface area contributed by atoms with Gasteiger partial charge in [-0.25, -0.2) is 0 Å². The molecule has 0 amide bonds. The fourth-order valence-corrected chi connectivity index (χ4v) is 1.19. The Balaban J connectivity index is 2.11. The molecule has 52 valence electrons. The fourth-order valence-electron chi connectivity index (χ4n) is 1.19. The first kappa shape index (κ1) is 5.71. The molecular formula is C8H8O2. The van der Waals surface area contributed by atoms with Crippen LogP contribution in [0.4, 0.5) is 0 Å². The highest BCUT2D eigenvalue weighted by Crippen LogP contribution is 2.45. The Bertz CT molecular complexity index is 225. The largest absolute Gasteiger partial charge is 0.469 e. The van der Waals surface area contributed by atoms with Crippen molar-refractivity contribution in [1.29, 1.82) is 0 Å². The molecule has 1 aromatic heterocycles. The van der Waals surface area contributed by atoms with Gasteiger partial charge < -0.3 is 9.21 Å². The molecule has 10 heavy (non-hydrogen) atoms. The lowest BCUT2D eigenvalue weighted by molar-refractivity contribution is -0.108. The Labute approximate surface area is 58.8 Å². The summed E-state index contributed by atoms with van der Waals surface area (Å²) in [6, 6.07) is 3.78. The van der Waals surface area contributed by atoms with Crippen LogP contribution in [-0.4, -0.2) is 6.29 Å². The third kappa shape index (κ3) is 0.764. The molecule has 0 radical (unpaired) electrons. The molecule has 0 spiro atoms. The van der Waals surface area contributed by atoms with Gasteiger partial charge in [-0.05, 0) is 18.6 Å². The van der Waals surface area contributed by atoms with Crippen molar-refractivity contribution in [3.05, 3.63) is 24.2 Å². The molecule has 1 aliphatic rings. The lowest BCUT2D eigenvalue weighted by atomic mass is 10.3. The molecule has 0 aliphatic heterocycles. The first-order valence-electron chi connectivity index (χ1n) is 3.40. The number of hydrogen-bond acceptors (Lipinski definition) is 2. The Hall–Kier alpha value is -1.05. The van der Waals surface area contributed by atoms with Crippen LogP contribution in [-0.2, 0) is 4.79 Å². The second-order valence-corrected chi connectivity index (χ2v) is 2.66. The van der Waals surface area contributed by atoms with Gasteiger partial charge in [-0.2, -0.15) is 0 Å². The van der Waals surface area contributed by atoms with Crippen molar-refractivity contribution < 1.29 is 9.21 Å². The molecule has 2 atom stereocenters. The van der Waals surface area contributed by atoms with E-state index in [0.29, 0.717) is 5.92 Å². The Morgan fingerprint density at radius 3 is 3.10 bits per heavy atom. The summed E-state index contributed by atoms with van der Waals surface area (Å²) in [6.07, 6.45) is 3.62. The normalized spacial score (nSPS) is 30.0. The van der Waals surface area contributed by atoms with Gasteiger partial charge in [0.25, 0.3) is 0 Å². The molecular weight excluding hydrogens is 128 g/mol. The van der Waals surface area contributed by atoms with Gasteiger partial charge in [-0.1, -0.05) is 0 Å². The van der Waals surface area contributed by atoms with Crippen molar-refractivity contribution in [3.8, 4) is 0 Å². The molecule has 1 heterocycles. The number of furan rings is 1. The number of aldehydes is 1. The molecule has 1 fully saturated rings. The van der Waals surface area contributed by atoms with Gasteiger partial charge in [-0.15, -0.1) is 0 Å². The topological polar surface area (TPSA) is 30.2 Å². The van der Waals surface area contributed by atoms with Gasteiger partial charge in [0.1, 0.15) is 12.0 Å². The summed E-state index contributed by atoms with van der Waals surface area (Å²) < 4.78 is 5.13. The minimum atomic E-state index is 0.228. The molecule has 1 saturated carbocycles. The predicted molar refractivity (Wildman–Crippen MR) is 35.6 cm³/mol. The molecule has 2 unspecified atom stereocenters. The smallest absolute Gasteiger partial charge is 0.123 e. The predicted octanol–water partition coefficient (Wildman–Crippen LogP) is 1.58. The van der Waals surface area contributed by atoms with Crippen LogP contribution < -0.4 is 0 Å². The highest BCUT2D eigenvalue weighted by molar-refractivity contribution is 5.60. The van der Waals surface area contributed by atoms with Crippen LogP contribution in [0.1, 0.15) is 18.1 Å². The number of hydrogen-bond donors (Lipinski definition) is 0. The van der Waals surface area contributed by atoms with Crippen molar-refractivity contribution in [3.63, 3.8) is 0 Å². The van der Waals surface area contributed by atoms with E-state index in [1.54, 1.807) is 6.26 Å². The Morgan fingerprint density at radius 2 is 2.60 bits per heavy atom. The SMILES string of the molecule is O=CC1CC1c1ccco1. The summed E-state index contributed by atoms with van der Waals surface area (Å²) in [4.78, 5) is 10.2. The van der Waals surface area contributed by atoms with Crippen LogP contribution in [0.3, 0.4) is 0 Å².